The van der Waals surface area contributed by atoms with Gasteiger partial charge in [-0.05, 0) is 36.8 Å². The summed E-state index contributed by atoms with van der Waals surface area (Å²) in [5.74, 6) is 0. The summed E-state index contributed by atoms with van der Waals surface area (Å²) in [6.45, 7) is 3.38. The second-order valence-corrected chi connectivity index (χ2v) is 4.33. The molecule has 0 bridgehead atoms. The monoisotopic (exact) mass is 192 g/mol. The molecular weight excluding hydrogens is 172 g/mol. The van der Waals surface area contributed by atoms with Gasteiger partial charge in [0.2, 0.25) is 0 Å². The molecule has 2 heteroatoms. The number of aryl methyl sites for hydroxylation is 2. The largest absolute Gasteiger partial charge is 0.354 e. The van der Waals surface area contributed by atoms with Crippen LogP contribution in [-0.4, -0.2) is 4.57 Å². The average Bonchev–Trinajstić information content (AvgIpc) is 2.59. The summed E-state index contributed by atoms with van der Waals surface area (Å²) in [5, 5.41) is 0. The van der Waals surface area contributed by atoms with Crippen LogP contribution in [0.15, 0.2) is 12.4 Å². The van der Waals surface area contributed by atoms with Crippen molar-refractivity contribution in [3.63, 3.8) is 0 Å². The molecule has 14 heavy (non-hydrogen) atoms. The Balaban J connectivity index is 2.13. The van der Waals surface area contributed by atoms with Crippen molar-refractivity contribution in [1.29, 1.82) is 0 Å². The molecule has 1 aromatic rings. The highest BCUT2D eigenvalue weighted by molar-refractivity contribution is 5.29. The molecule has 2 nitrogen and oxygen atoms in total. The minimum Gasteiger partial charge on any atom is -0.354 e. The Morgan fingerprint density at radius 1 is 1.50 bits per heavy atom. The lowest BCUT2D eigenvalue weighted by Gasteiger charge is -2.17. The highest BCUT2D eigenvalue weighted by atomic mass is 14.9. The molecule has 2 rings (SSSR count). The van der Waals surface area contributed by atoms with Gasteiger partial charge in [-0.15, -0.1) is 0 Å². The number of unbranched alkanes of at least 4 members (excludes halogenated alkanes) is 1. The Bertz CT molecular complexity index is 301. The maximum absolute atomic E-state index is 6.08. The summed E-state index contributed by atoms with van der Waals surface area (Å²) >= 11 is 0. The molecule has 1 aliphatic carbocycles. The van der Waals surface area contributed by atoms with Gasteiger partial charge in [0.05, 0.1) is 0 Å². The molecular formula is C12H20N2. The van der Waals surface area contributed by atoms with Crippen molar-refractivity contribution in [1.82, 2.24) is 4.57 Å². The van der Waals surface area contributed by atoms with Gasteiger partial charge in [-0.25, -0.2) is 0 Å². The molecule has 1 aromatic heterocycles. The third-order valence-corrected chi connectivity index (χ3v) is 3.13. The average molecular weight is 192 g/mol. The highest BCUT2D eigenvalue weighted by Crippen LogP contribution is 2.28. The van der Waals surface area contributed by atoms with Crippen molar-refractivity contribution in [3.8, 4) is 0 Å². The lowest BCUT2D eigenvalue weighted by molar-refractivity contribution is 0.573. The van der Waals surface area contributed by atoms with Gasteiger partial charge < -0.3 is 10.3 Å². The summed E-state index contributed by atoms with van der Waals surface area (Å²) in [4.78, 5) is 0. The molecule has 0 fully saturated rings. The fourth-order valence-corrected chi connectivity index (χ4v) is 2.25. The van der Waals surface area contributed by atoms with Crippen LogP contribution in [0.25, 0.3) is 0 Å². The molecule has 2 N–H and O–H groups in total. The number of nitrogens with two attached hydrogens (primary N) is 1. The van der Waals surface area contributed by atoms with Crippen LogP contribution in [0.3, 0.4) is 0 Å². The van der Waals surface area contributed by atoms with Crippen LogP contribution in [0, 0.1) is 0 Å². The second-order valence-electron chi connectivity index (χ2n) is 4.33. The summed E-state index contributed by atoms with van der Waals surface area (Å²) in [5.41, 5.74) is 8.96. The number of rotatable bonds is 3. The Morgan fingerprint density at radius 2 is 2.36 bits per heavy atom. The van der Waals surface area contributed by atoms with Gasteiger partial charge in [-0.2, -0.15) is 0 Å². The first-order valence-electron chi connectivity index (χ1n) is 5.75. The van der Waals surface area contributed by atoms with Crippen LogP contribution < -0.4 is 5.73 Å². The van der Waals surface area contributed by atoms with Crippen LogP contribution in [0.2, 0.25) is 0 Å². The van der Waals surface area contributed by atoms with Crippen LogP contribution in [0.5, 0.6) is 0 Å². The van der Waals surface area contributed by atoms with Gasteiger partial charge in [-0.3, -0.25) is 0 Å². The Kier molecular flexibility index (Phi) is 2.92. The van der Waals surface area contributed by atoms with Crippen molar-refractivity contribution in [2.45, 2.75) is 51.6 Å². The fraction of sp³-hybridized carbons (Fsp3) is 0.667. The van der Waals surface area contributed by atoms with Crippen molar-refractivity contribution < 1.29 is 0 Å². The zero-order valence-electron chi connectivity index (χ0n) is 9.00. The number of hydrogen-bond donors (Lipinski definition) is 1. The van der Waals surface area contributed by atoms with E-state index in [-0.39, 0.29) is 0 Å². The maximum Gasteiger partial charge on any atom is 0.0312 e. The van der Waals surface area contributed by atoms with Gasteiger partial charge in [0.15, 0.2) is 0 Å². The Morgan fingerprint density at radius 3 is 3.07 bits per heavy atom. The molecule has 78 valence electrons. The van der Waals surface area contributed by atoms with Gasteiger partial charge in [0.25, 0.3) is 0 Å². The van der Waals surface area contributed by atoms with Gasteiger partial charge in [0.1, 0.15) is 0 Å². The molecule has 1 aliphatic rings. The summed E-state index contributed by atoms with van der Waals surface area (Å²) in [7, 11) is 0. The highest BCUT2D eigenvalue weighted by Gasteiger charge is 2.18. The Hall–Kier alpha value is -0.760. The summed E-state index contributed by atoms with van der Waals surface area (Å²) in [6, 6.07) is 0.293. The van der Waals surface area contributed by atoms with E-state index >= 15 is 0 Å². The first-order valence-corrected chi connectivity index (χ1v) is 5.75. The lowest BCUT2D eigenvalue weighted by Crippen LogP contribution is -2.15. The van der Waals surface area contributed by atoms with Crippen molar-refractivity contribution >= 4 is 0 Å². The molecule has 0 spiro atoms. The second kappa shape index (κ2) is 4.18. The van der Waals surface area contributed by atoms with Crippen LogP contribution in [-0.2, 0) is 13.0 Å². The summed E-state index contributed by atoms with van der Waals surface area (Å²) in [6.07, 6.45) is 10.7. The SMILES string of the molecule is CCCCn1cc2c(c1)C(N)CCC2. The maximum atomic E-state index is 6.08. The zero-order valence-corrected chi connectivity index (χ0v) is 9.00. The Labute approximate surface area is 86.1 Å². The topological polar surface area (TPSA) is 30.9 Å². The molecule has 0 aliphatic heterocycles. The first kappa shape index (κ1) is 9.78. The van der Waals surface area contributed by atoms with E-state index in [2.05, 4.69) is 23.9 Å². The molecule has 0 radical (unpaired) electrons. The predicted octanol–water partition coefficient (Wildman–Crippen LogP) is 2.62. The fourth-order valence-electron chi connectivity index (χ4n) is 2.25. The zero-order chi connectivity index (χ0) is 9.97. The molecule has 0 aromatic carbocycles. The molecule has 0 amide bonds. The van der Waals surface area contributed by atoms with E-state index in [9.17, 15) is 0 Å². The third-order valence-electron chi connectivity index (χ3n) is 3.13. The normalized spacial score (nSPS) is 20.9. The smallest absolute Gasteiger partial charge is 0.0312 e. The van der Waals surface area contributed by atoms with Crippen LogP contribution in [0.1, 0.15) is 49.8 Å². The number of hydrogen-bond acceptors (Lipinski definition) is 1. The van der Waals surface area contributed by atoms with Gasteiger partial charge in [0, 0.05) is 25.0 Å². The van der Waals surface area contributed by atoms with Crippen LogP contribution >= 0.6 is 0 Å². The van der Waals surface area contributed by atoms with Crippen LogP contribution in [0.4, 0.5) is 0 Å². The molecule has 0 saturated heterocycles. The molecule has 0 saturated carbocycles. The minimum atomic E-state index is 0.293. The quantitative estimate of drug-likeness (QED) is 0.784. The van der Waals surface area contributed by atoms with E-state index in [0.29, 0.717) is 6.04 Å². The van der Waals surface area contributed by atoms with Gasteiger partial charge >= 0.3 is 0 Å². The van der Waals surface area contributed by atoms with Crippen molar-refractivity contribution in [2.24, 2.45) is 5.73 Å². The lowest BCUT2D eigenvalue weighted by atomic mass is 9.92. The van der Waals surface area contributed by atoms with E-state index in [1.165, 1.54) is 36.8 Å². The van der Waals surface area contributed by atoms with E-state index in [1.807, 2.05) is 0 Å². The standard InChI is InChI=1S/C12H20N2/c1-2-3-7-14-8-10-5-4-6-12(13)11(10)9-14/h8-9,12H,2-7,13H2,1H3. The molecule has 1 atom stereocenters. The van der Waals surface area contributed by atoms with Crippen molar-refractivity contribution in [3.05, 3.63) is 23.5 Å². The predicted molar refractivity (Wildman–Crippen MR) is 59.2 cm³/mol. The van der Waals surface area contributed by atoms with E-state index in [0.717, 1.165) is 13.0 Å². The summed E-state index contributed by atoms with van der Waals surface area (Å²) < 4.78 is 2.32. The molecule has 1 heterocycles. The minimum absolute atomic E-state index is 0.293. The van der Waals surface area contributed by atoms with E-state index in [4.69, 9.17) is 5.73 Å². The number of fused-ring (bicyclic) bond motifs is 1. The van der Waals surface area contributed by atoms with E-state index < -0.39 is 0 Å². The van der Waals surface area contributed by atoms with Crippen molar-refractivity contribution in [2.75, 3.05) is 0 Å². The third kappa shape index (κ3) is 1.85. The first-order chi connectivity index (χ1) is 6.81. The number of aromatic nitrogens is 1. The van der Waals surface area contributed by atoms with E-state index in [1.54, 1.807) is 0 Å². The molecule has 1 unspecified atom stereocenters. The number of nitrogens with zero attached hydrogens (tertiary/aromatic N) is 1. The van der Waals surface area contributed by atoms with Gasteiger partial charge in [-0.1, -0.05) is 13.3 Å².